The van der Waals surface area contributed by atoms with Gasteiger partial charge in [0.2, 0.25) is 0 Å². The zero-order chi connectivity index (χ0) is 13.5. The molecular weight excluding hydrogens is 242 g/mol. The molecule has 0 atom stereocenters. The molecule has 0 unspecified atom stereocenters. The van der Waals surface area contributed by atoms with E-state index in [4.69, 9.17) is 10.2 Å². The molecule has 0 saturated heterocycles. The average Bonchev–Trinajstić information content (AvgIpc) is 2.87. The van der Waals surface area contributed by atoms with Crippen molar-refractivity contribution >= 4 is 5.69 Å². The summed E-state index contributed by atoms with van der Waals surface area (Å²) in [7, 11) is 0. The molecule has 19 heavy (non-hydrogen) atoms. The summed E-state index contributed by atoms with van der Waals surface area (Å²) < 4.78 is 1.72. The maximum absolute atomic E-state index is 8.84. The average molecular weight is 261 g/mol. The molecular formula is C14H19N3O2. The number of hydrogen-bond donors (Lipinski definition) is 3. The highest BCUT2D eigenvalue weighted by Gasteiger charge is 1.99. The van der Waals surface area contributed by atoms with Gasteiger partial charge in [-0.15, -0.1) is 0 Å². The molecule has 1 aromatic carbocycles. The highest BCUT2D eigenvalue weighted by Crippen LogP contribution is 2.11. The quantitative estimate of drug-likeness (QED) is 0.696. The van der Waals surface area contributed by atoms with Crippen molar-refractivity contribution in [3.8, 4) is 0 Å². The molecule has 3 N–H and O–H groups in total. The standard InChI is InChI=1S/C14H19N3O2/c18-7-5-12-1-3-14(4-2-12)15-9-13-10-16-17(11-13)6-8-19/h1-4,10-11,15,18-19H,5-9H2. The minimum atomic E-state index is 0.0981. The van der Waals surface area contributed by atoms with Crippen molar-refractivity contribution in [3.63, 3.8) is 0 Å². The summed E-state index contributed by atoms with van der Waals surface area (Å²) in [5.74, 6) is 0. The maximum Gasteiger partial charge on any atom is 0.0640 e. The molecule has 0 spiro atoms. The minimum Gasteiger partial charge on any atom is -0.396 e. The van der Waals surface area contributed by atoms with Crippen LogP contribution in [0.1, 0.15) is 11.1 Å². The Morgan fingerprint density at radius 1 is 1.05 bits per heavy atom. The largest absolute Gasteiger partial charge is 0.396 e. The lowest BCUT2D eigenvalue weighted by atomic mass is 10.1. The van der Waals surface area contributed by atoms with Gasteiger partial charge in [0, 0.05) is 30.6 Å². The van der Waals surface area contributed by atoms with E-state index in [2.05, 4.69) is 10.4 Å². The molecule has 0 saturated carbocycles. The van der Waals surface area contributed by atoms with Gasteiger partial charge in [0.15, 0.2) is 0 Å². The van der Waals surface area contributed by atoms with Crippen LogP contribution in [0.5, 0.6) is 0 Å². The van der Waals surface area contributed by atoms with Crippen LogP contribution < -0.4 is 5.32 Å². The summed E-state index contributed by atoms with van der Waals surface area (Å²) >= 11 is 0. The first kappa shape index (κ1) is 13.6. The minimum absolute atomic E-state index is 0.0981. The van der Waals surface area contributed by atoms with Gasteiger partial charge in [-0.2, -0.15) is 5.10 Å². The fraction of sp³-hybridized carbons (Fsp3) is 0.357. The van der Waals surface area contributed by atoms with Crippen LogP contribution in [0.3, 0.4) is 0 Å². The van der Waals surface area contributed by atoms with Crippen LogP contribution in [0.4, 0.5) is 5.69 Å². The summed E-state index contributed by atoms with van der Waals surface area (Å²) in [6.07, 6.45) is 4.40. The van der Waals surface area contributed by atoms with E-state index in [1.807, 2.05) is 30.5 Å². The third-order valence-corrected chi connectivity index (χ3v) is 2.87. The van der Waals surface area contributed by atoms with E-state index in [-0.39, 0.29) is 13.2 Å². The van der Waals surface area contributed by atoms with Gasteiger partial charge in [-0.05, 0) is 24.1 Å². The van der Waals surface area contributed by atoms with Crippen molar-refractivity contribution in [3.05, 3.63) is 47.8 Å². The molecule has 0 amide bonds. The lowest BCUT2D eigenvalue weighted by molar-refractivity contribution is 0.269. The first-order chi connectivity index (χ1) is 9.31. The van der Waals surface area contributed by atoms with E-state index in [9.17, 15) is 0 Å². The van der Waals surface area contributed by atoms with Crippen molar-refractivity contribution in [1.82, 2.24) is 9.78 Å². The maximum atomic E-state index is 8.84. The second-order valence-corrected chi connectivity index (χ2v) is 4.36. The molecule has 0 bridgehead atoms. The number of hydrogen-bond acceptors (Lipinski definition) is 4. The normalized spacial score (nSPS) is 10.6. The smallest absolute Gasteiger partial charge is 0.0640 e. The van der Waals surface area contributed by atoms with Gasteiger partial charge >= 0.3 is 0 Å². The Labute approximate surface area is 112 Å². The second kappa shape index (κ2) is 6.92. The SMILES string of the molecule is OCCc1ccc(NCc2cnn(CCO)c2)cc1. The number of aromatic nitrogens is 2. The van der Waals surface area contributed by atoms with Crippen LogP contribution in [0, 0.1) is 0 Å². The van der Waals surface area contributed by atoms with Crippen molar-refractivity contribution in [2.75, 3.05) is 18.5 Å². The number of anilines is 1. The number of aliphatic hydroxyl groups excluding tert-OH is 2. The molecule has 0 radical (unpaired) electrons. The summed E-state index contributed by atoms with van der Waals surface area (Å²) in [6.45, 7) is 1.50. The van der Waals surface area contributed by atoms with Crippen LogP contribution in [0.25, 0.3) is 0 Å². The second-order valence-electron chi connectivity index (χ2n) is 4.36. The molecule has 5 nitrogen and oxygen atoms in total. The van der Waals surface area contributed by atoms with E-state index >= 15 is 0 Å². The Morgan fingerprint density at radius 2 is 1.84 bits per heavy atom. The third kappa shape index (κ3) is 4.08. The Morgan fingerprint density at radius 3 is 2.53 bits per heavy atom. The number of benzene rings is 1. The van der Waals surface area contributed by atoms with Crippen molar-refractivity contribution in [1.29, 1.82) is 0 Å². The number of nitrogens with zero attached hydrogens (tertiary/aromatic N) is 2. The van der Waals surface area contributed by atoms with E-state index < -0.39 is 0 Å². The molecule has 2 aromatic rings. The summed E-state index contributed by atoms with van der Waals surface area (Å²) in [6, 6.07) is 8.02. The summed E-state index contributed by atoms with van der Waals surface area (Å²) in [4.78, 5) is 0. The predicted molar refractivity (Wildman–Crippen MR) is 73.9 cm³/mol. The van der Waals surface area contributed by atoms with Crippen molar-refractivity contribution in [2.45, 2.75) is 19.5 Å². The molecule has 0 aliphatic rings. The van der Waals surface area contributed by atoms with E-state index in [0.717, 1.165) is 16.8 Å². The number of aliphatic hydroxyl groups is 2. The van der Waals surface area contributed by atoms with Crippen LogP contribution in [0.2, 0.25) is 0 Å². The monoisotopic (exact) mass is 261 g/mol. The summed E-state index contributed by atoms with van der Waals surface area (Å²) in [5, 5.41) is 25.1. The van der Waals surface area contributed by atoms with Gasteiger partial charge in [0.25, 0.3) is 0 Å². The van der Waals surface area contributed by atoms with Crippen molar-refractivity contribution < 1.29 is 10.2 Å². The van der Waals surface area contributed by atoms with Gasteiger partial charge in [0.05, 0.1) is 19.3 Å². The van der Waals surface area contributed by atoms with Gasteiger partial charge in [0.1, 0.15) is 0 Å². The molecule has 0 aliphatic heterocycles. The van der Waals surface area contributed by atoms with Crippen LogP contribution in [-0.2, 0) is 19.5 Å². The topological polar surface area (TPSA) is 70.3 Å². The molecule has 0 fully saturated rings. The summed E-state index contributed by atoms with van der Waals surface area (Å²) in [5.41, 5.74) is 3.24. The highest BCUT2D eigenvalue weighted by molar-refractivity contribution is 5.45. The Balaban J connectivity index is 1.86. The van der Waals surface area contributed by atoms with Crippen LogP contribution in [-0.4, -0.2) is 33.2 Å². The van der Waals surface area contributed by atoms with Gasteiger partial charge < -0.3 is 15.5 Å². The van der Waals surface area contributed by atoms with Gasteiger partial charge in [-0.1, -0.05) is 12.1 Å². The number of rotatable bonds is 7. The van der Waals surface area contributed by atoms with E-state index in [0.29, 0.717) is 19.5 Å². The lowest BCUT2D eigenvalue weighted by Gasteiger charge is -2.05. The van der Waals surface area contributed by atoms with Crippen LogP contribution in [0.15, 0.2) is 36.7 Å². The molecule has 1 aromatic heterocycles. The Kier molecular flexibility index (Phi) is 4.94. The zero-order valence-electron chi connectivity index (χ0n) is 10.8. The van der Waals surface area contributed by atoms with E-state index in [1.54, 1.807) is 10.9 Å². The van der Waals surface area contributed by atoms with E-state index in [1.165, 1.54) is 0 Å². The van der Waals surface area contributed by atoms with Crippen LogP contribution >= 0.6 is 0 Å². The lowest BCUT2D eigenvalue weighted by Crippen LogP contribution is -2.02. The number of nitrogens with one attached hydrogen (secondary N) is 1. The fourth-order valence-corrected chi connectivity index (χ4v) is 1.84. The molecule has 5 heteroatoms. The zero-order valence-corrected chi connectivity index (χ0v) is 10.8. The first-order valence-electron chi connectivity index (χ1n) is 6.37. The fourth-order valence-electron chi connectivity index (χ4n) is 1.84. The highest BCUT2D eigenvalue weighted by atomic mass is 16.3. The Bertz CT molecular complexity index is 494. The third-order valence-electron chi connectivity index (χ3n) is 2.87. The van der Waals surface area contributed by atoms with Crippen molar-refractivity contribution in [2.24, 2.45) is 0 Å². The Hall–Kier alpha value is -1.85. The molecule has 102 valence electrons. The van der Waals surface area contributed by atoms with Gasteiger partial charge in [-0.25, -0.2) is 0 Å². The molecule has 1 heterocycles. The van der Waals surface area contributed by atoms with Gasteiger partial charge in [-0.3, -0.25) is 4.68 Å². The first-order valence-corrected chi connectivity index (χ1v) is 6.37. The predicted octanol–water partition coefficient (Wildman–Crippen LogP) is 1.02. The molecule has 0 aliphatic carbocycles. The molecule has 2 rings (SSSR count).